The molecule has 28 heteroatoms. The zero-order chi connectivity index (χ0) is 48.1. The molecule has 0 bridgehead atoms. The number of carboxylic acid groups (broad SMARTS) is 2. The maximum absolute atomic E-state index is 13.8. The van der Waals surface area contributed by atoms with E-state index in [9.17, 15) is 63.0 Å². The number of nitrogens with two attached hydrogens (primary N) is 4. The molecule has 8 atom stereocenters. The number of carboxylic acids is 2. The van der Waals surface area contributed by atoms with Crippen molar-refractivity contribution in [2.45, 2.75) is 108 Å². The van der Waals surface area contributed by atoms with Crippen LogP contribution in [0.25, 0.3) is 0 Å². The highest BCUT2D eigenvalue weighted by Gasteiger charge is 2.40. The lowest BCUT2D eigenvalue weighted by Gasteiger charge is -2.30. The maximum atomic E-state index is 13.8. The average Bonchev–Trinajstić information content (AvgIpc) is 3.70. The number of hydrogen-bond acceptors (Lipinski definition) is 15. The van der Waals surface area contributed by atoms with Crippen molar-refractivity contribution in [3.05, 3.63) is 0 Å². The minimum Gasteiger partial charge on any atom is -0.481 e. The number of aliphatic hydroxyl groups is 2. The highest BCUT2D eigenvalue weighted by atomic mass is 16.4. The molecule has 0 aliphatic carbocycles. The van der Waals surface area contributed by atoms with Crippen LogP contribution in [0.4, 0.5) is 0 Å². The largest absolute Gasteiger partial charge is 0.481 e. The molecule has 0 radical (unpaired) electrons. The molecule has 1 aliphatic rings. The van der Waals surface area contributed by atoms with Gasteiger partial charge < -0.3 is 85.5 Å². The summed E-state index contributed by atoms with van der Waals surface area (Å²) in [6, 6.07) is -11.9. The molecule has 0 aromatic heterocycles. The van der Waals surface area contributed by atoms with Crippen molar-refractivity contribution in [1.29, 1.82) is 0 Å². The summed E-state index contributed by atoms with van der Waals surface area (Å²) in [5.74, 6) is -12.6. The van der Waals surface area contributed by atoms with E-state index in [1.807, 2.05) is 5.32 Å². The predicted octanol–water partition coefficient (Wildman–Crippen LogP) is -8.52. The second-order valence-electron chi connectivity index (χ2n) is 14.7. The van der Waals surface area contributed by atoms with Gasteiger partial charge in [0, 0.05) is 13.1 Å². The molecule has 1 rings (SSSR count). The Morgan fingerprint density at radius 3 is 1.81 bits per heavy atom. The number of aliphatic carboxylic acids is 2. The molecule has 9 amide bonds. The third-order valence-corrected chi connectivity index (χ3v) is 9.22. The Morgan fingerprint density at radius 2 is 1.29 bits per heavy atom. The molecular weight excluding hydrogens is 842 g/mol. The van der Waals surface area contributed by atoms with Gasteiger partial charge >= 0.3 is 11.9 Å². The Balaban J connectivity index is 3.16. The number of primary amides is 1. The number of nitrogens with one attached hydrogen (secondary N) is 7. The number of aliphatic hydroxyl groups excluding tert-OH is 2. The lowest BCUT2D eigenvalue weighted by molar-refractivity contribution is -0.143. The van der Waals surface area contributed by atoms with Crippen LogP contribution in [0.15, 0.2) is 4.99 Å². The predicted molar refractivity (Wildman–Crippen MR) is 216 cm³/mol. The number of aliphatic imine (C=N–C) groups is 1. The van der Waals surface area contributed by atoms with E-state index in [2.05, 4.69) is 36.9 Å². The first kappa shape index (κ1) is 54.3. The van der Waals surface area contributed by atoms with Crippen LogP contribution in [0.1, 0.15) is 59.3 Å². The van der Waals surface area contributed by atoms with Crippen LogP contribution in [0.2, 0.25) is 0 Å². The monoisotopic (exact) mass is 901 g/mol. The molecule has 19 N–H and O–H groups in total. The maximum Gasteiger partial charge on any atom is 0.325 e. The number of rotatable bonds is 27. The van der Waals surface area contributed by atoms with Crippen LogP contribution in [-0.2, 0) is 52.7 Å². The van der Waals surface area contributed by atoms with E-state index >= 15 is 0 Å². The zero-order valence-electron chi connectivity index (χ0n) is 35.0. The quantitative estimate of drug-likeness (QED) is 0.0207. The first-order valence-corrected chi connectivity index (χ1v) is 19.6. The van der Waals surface area contributed by atoms with Gasteiger partial charge in [-0.3, -0.25) is 57.7 Å². The van der Waals surface area contributed by atoms with Gasteiger partial charge in [-0.1, -0.05) is 13.8 Å². The molecule has 1 saturated heterocycles. The van der Waals surface area contributed by atoms with E-state index in [0.717, 1.165) is 11.8 Å². The van der Waals surface area contributed by atoms with E-state index in [4.69, 9.17) is 33.1 Å². The number of nitrogens with zero attached hydrogens (tertiary/aromatic N) is 2. The molecule has 1 fully saturated rings. The minimum atomic E-state index is -1.75. The van der Waals surface area contributed by atoms with Gasteiger partial charge in [-0.25, -0.2) is 0 Å². The molecule has 0 spiro atoms. The second kappa shape index (κ2) is 26.6. The Bertz CT molecular complexity index is 1730. The van der Waals surface area contributed by atoms with Crippen molar-refractivity contribution in [2.75, 3.05) is 32.8 Å². The highest BCUT2D eigenvalue weighted by molar-refractivity contribution is 5.99. The lowest BCUT2D eigenvalue weighted by Crippen LogP contribution is -2.60. The van der Waals surface area contributed by atoms with Gasteiger partial charge in [-0.2, -0.15) is 0 Å². The van der Waals surface area contributed by atoms with Gasteiger partial charge in [0.2, 0.25) is 53.2 Å². The van der Waals surface area contributed by atoms with Crippen molar-refractivity contribution in [2.24, 2.45) is 33.8 Å². The Labute approximate surface area is 360 Å². The van der Waals surface area contributed by atoms with Gasteiger partial charge in [0.1, 0.15) is 42.3 Å². The normalized spacial score (nSPS) is 16.6. The van der Waals surface area contributed by atoms with Gasteiger partial charge in [0.05, 0.1) is 38.6 Å². The summed E-state index contributed by atoms with van der Waals surface area (Å²) in [6.07, 6.45) is -1.30. The standard InChI is InChI=1S/C35H59N13O15/c1-15(2)26(32(60)46-20(13-49)29(57)42-16(3)34(62)63)47-24(52)12-41-28(56)18(6-4-8-40-35(38)39)43-31(59)22-7-5-9-48(22)33(61)19(11-23(37)51)44-30(58)21(14-50)45-27(55)17(36)10-25(53)54/h15-22,26,49-50H,4-14,36H2,1-3H3,(H2,37,51)(H,41,56)(H,42,57)(H,43,59)(H,44,58)(H,45,55)(H,46,60)(H,47,52)(H,53,54)(H,62,63)(H4,38,39,40)/t16-,17-,18-,19-,20-,21-,22-,26-/m0/s1. The number of guanidine groups is 1. The van der Waals surface area contributed by atoms with E-state index in [0.29, 0.717) is 0 Å². The minimum absolute atomic E-state index is 0.0129. The number of carbonyl (C=O) groups is 11. The molecule has 0 saturated carbocycles. The fraction of sp³-hybridized carbons (Fsp3) is 0.657. The van der Waals surface area contributed by atoms with Gasteiger partial charge in [0.25, 0.3) is 0 Å². The van der Waals surface area contributed by atoms with Crippen LogP contribution in [0.3, 0.4) is 0 Å². The SMILES string of the molecule is CC(C)[C@H](NC(=O)CNC(=O)[C@H](CCCN=C(N)N)NC(=O)[C@@H]1CCCN1C(=O)[C@H](CC(N)=O)NC(=O)[C@H](CO)NC(=O)[C@@H](N)CC(=O)O)C(=O)N[C@@H](CO)C(=O)N[C@@H](C)C(=O)O. The topological polar surface area (TPSA) is 473 Å². The fourth-order valence-electron chi connectivity index (χ4n) is 5.85. The van der Waals surface area contributed by atoms with Crippen molar-refractivity contribution < 1.29 is 73.2 Å². The van der Waals surface area contributed by atoms with Gasteiger partial charge in [-0.15, -0.1) is 0 Å². The Hall–Kier alpha value is -6.68. The van der Waals surface area contributed by atoms with Crippen molar-refractivity contribution >= 4 is 71.1 Å². The molecule has 28 nitrogen and oxygen atoms in total. The van der Waals surface area contributed by atoms with Crippen LogP contribution in [-0.4, -0.2) is 178 Å². The summed E-state index contributed by atoms with van der Waals surface area (Å²) >= 11 is 0. The average molecular weight is 902 g/mol. The second-order valence-corrected chi connectivity index (χ2v) is 14.7. The van der Waals surface area contributed by atoms with Crippen molar-refractivity contribution in [1.82, 2.24) is 42.1 Å². The number of amides is 9. The summed E-state index contributed by atoms with van der Waals surface area (Å²) < 4.78 is 0. The van der Waals surface area contributed by atoms with E-state index in [1.54, 1.807) is 13.8 Å². The summed E-state index contributed by atoms with van der Waals surface area (Å²) in [6.45, 7) is 1.52. The van der Waals surface area contributed by atoms with E-state index in [1.165, 1.54) is 0 Å². The number of likely N-dealkylation sites (tertiary alicyclic amines) is 1. The first-order valence-electron chi connectivity index (χ1n) is 19.6. The molecule has 1 aliphatic heterocycles. The van der Waals surface area contributed by atoms with E-state index in [-0.39, 0.29) is 44.7 Å². The number of hydrogen-bond donors (Lipinski definition) is 15. The Kier molecular flexibility index (Phi) is 23.0. The van der Waals surface area contributed by atoms with Crippen LogP contribution < -0.4 is 60.2 Å². The van der Waals surface area contributed by atoms with Crippen LogP contribution in [0.5, 0.6) is 0 Å². The Morgan fingerprint density at radius 1 is 0.714 bits per heavy atom. The fourth-order valence-corrected chi connectivity index (χ4v) is 5.85. The van der Waals surface area contributed by atoms with E-state index < -0.39 is 152 Å². The molecule has 0 aromatic rings. The van der Waals surface area contributed by atoms with Gasteiger partial charge in [0.15, 0.2) is 5.96 Å². The third-order valence-electron chi connectivity index (χ3n) is 9.22. The van der Waals surface area contributed by atoms with Crippen molar-refractivity contribution in [3.63, 3.8) is 0 Å². The molecular formula is C35H59N13O15. The molecule has 63 heavy (non-hydrogen) atoms. The van der Waals surface area contributed by atoms with Gasteiger partial charge in [-0.05, 0) is 38.5 Å². The van der Waals surface area contributed by atoms with Crippen molar-refractivity contribution in [3.8, 4) is 0 Å². The van der Waals surface area contributed by atoms with Crippen LogP contribution in [0, 0.1) is 5.92 Å². The smallest absolute Gasteiger partial charge is 0.325 e. The molecule has 354 valence electrons. The summed E-state index contributed by atoms with van der Waals surface area (Å²) in [5.41, 5.74) is 21.6. The summed E-state index contributed by atoms with van der Waals surface area (Å²) in [5, 5.41) is 53.2. The number of carbonyl (C=O) groups excluding carboxylic acids is 9. The lowest BCUT2D eigenvalue weighted by atomic mass is 10.0. The molecule has 0 aromatic carbocycles. The van der Waals surface area contributed by atoms with Crippen LogP contribution >= 0.6 is 0 Å². The third kappa shape index (κ3) is 18.9. The summed E-state index contributed by atoms with van der Waals surface area (Å²) in [7, 11) is 0. The highest BCUT2D eigenvalue weighted by Crippen LogP contribution is 2.20. The molecule has 0 unspecified atom stereocenters. The molecule has 1 heterocycles. The summed E-state index contributed by atoms with van der Waals surface area (Å²) in [4.78, 5) is 144. The zero-order valence-corrected chi connectivity index (χ0v) is 35.0. The first-order chi connectivity index (χ1) is 29.4.